The van der Waals surface area contributed by atoms with Crippen LogP contribution in [0.15, 0.2) is 21.3 Å². The van der Waals surface area contributed by atoms with Crippen LogP contribution in [0.5, 0.6) is 0 Å². The number of aromatic nitrogens is 2. The highest BCUT2D eigenvalue weighted by atomic mass is 16.5. The van der Waals surface area contributed by atoms with E-state index < -0.39 is 0 Å². The fourth-order valence-electron chi connectivity index (χ4n) is 2.83. The number of aryl methyl sites for hydroxylation is 2. The van der Waals surface area contributed by atoms with Gasteiger partial charge < -0.3 is 13.8 Å². The number of nitrogens with zero attached hydrogens (tertiary/aromatic N) is 3. The van der Waals surface area contributed by atoms with Crippen molar-refractivity contribution in [1.82, 2.24) is 15.0 Å². The Morgan fingerprint density at radius 2 is 2.19 bits per heavy atom. The summed E-state index contributed by atoms with van der Waals surface area (Å²) in [4.78, 5) is 19.0. The number of furan rings is 1. The van der Waals surface area contributed by atoms with Crippen LogP contribution < -0.4 is 0 Å². The van der Waals surface area contributed by atoms with Crippen LogP contribution in [0.1, 0.15) is 59.6 Å². The van der Waals surface area contributed by atoms with Crippen molar-refractivity contribution in [2.75, 3.05) is 6.54 Å². The minimum absolute atomic E-state index is 0.0180. The summed E-state index contributed by atoms with van der Waals surface area (Å²) in [6.45, 7) is 4.28. The molecule has 0 unspecified atom stereocenters. The molecule has 2 aromatic rings. The SMILES string of the molecule is Cc1nc([C@@H]2CCCCCN2C(=O)c2ccoc2C)no1. The number of carbonyl (C=O) groups excluding carboxylic acids is 1. The molecule has 0 aromatic carbocycles. The van der Waals surface area contributed by atoms with E-state index in [0.29, 0.717) is 29.6 Å². The fourth-order valence-corrected chi connectivity index (χ4v) is 2.83. The Bertz CT molecular complexity index is 632. The largest absolute Gasteiger partial charge is 0.469 e. The third-order valence-electron chi connectivity index (χ3n) is 3.94. The monoisotopic (exact) mass is 289 g/mol. The first-order valence-electron chi connectivity index (χ1n) is 7.32. The number of carbonyl (C=O) groups is 1. The summed E-state index contributed by atoms with van der Waals surface area (Å²) >= 11 is 0. The minimum atomic E-state index is -0.119. The second kappa shape index (κ2) is 5.71. The summed E-state index contributed by atoms with van der Waals surface area (Å²) in [5, 5.41) is 4.01. The van der Waals surface area contributed by atoms with E-state index in [1.807, 2.05) is 4.90 Å². The third-order valence-corrected chi connectivity index (χ3v) is 3.94. The molecule has 0 aliphatic carbocycles. The van der Waals surface area contributed by atoms with Gasteiger partial charge in [0, 0.05) is 13.5 Å². The molecule has 0 bridgehead atoms. The van der Waals surface area contributed by atoms with Gasteiger partial charge in [-0.15, -0.1) is 0 Å². The molecule has 1 fully saturated rings. The second-order valence-electron chi connectivity index (χ2n) is 5.43. The molecule has 0 saturated carbocycles. The summed E-state index contributed by atoms with van der Waals surface area (Å²) in [5.74, 6) is 1.76. The van der Waals surface area contributed by atoms with E-state index >= 15 is 0 Å². The normalized spacial score (nSPS) is 19.5. The van der Waals surface area contributed by atoms with Crippen molar-refractivity contribution in [3.63, 3.8) is 0 Å². The van der Waals surface area contributed by atoms with Crippen molar-refractivity contribution in [2.24, 2.45) is 0 Å². The Kier molecular flexibility index (Phi) is 3.77. The van der Waals surface area contributed by atoms with E-state index in [1.165, 1.54) is 0 Å². The molecule has 1 amide bonds. The van der Waals surface area contributed by atoms with E-state index in [-0.39, 0.29) is 11.9 Å². The first-order valence-corrected chi connectivity index (χ1v) is 7.32. The molecule has 112 valence electrons. The topological polar surface area (TPSA) is 72.4 Å². The lowest BCUT2D eigenvalue weighted by Crippen LogP contribution is -2.35. The van der Waals surface area contributed by atoms with Gasteiger partial charge in [-0.2, -0.15) is 4.98 Å². The quantitative estimate of drug-likeness (QED) is 0.849. The molecule has 0 radical (unpaired) electrons. The van der Waals surface area contributed by atoms with Gasteiger partial charge in [0.15, 0.2) is 5.82 Å². The van der Waals surface area contributed by atoms with Gasteiger partial charge in [-0.3, -0.25) is 4.79 Å². The number of rotatable bonds is 2. The fraction of sp³-hybridized carbons (Fsp3) is 0.533. The van der Waals surface area contributed by atoms with Gasteiger partial charge in [-0.05, 0) is 25.8 Å². The van der Waals surface area contributed by atoms with Crippen molar-refractivity contribution in [1.29, 1.82) is 0 Å². The van der Waals surface area contributed by atoms with Gasteiger partial charge in [0.1, 0.15) is 5.76 Å². The van der Waals surface area contributed by atoms with Gasteiger partial charge in [0.05, 0.1) is 17.9 Å². The molecular formula is C15H19N3O3. The molecule has 1 saturated heterocycles. The maximum absolute atomic E-state index is 12.8. The van der Waals surface area contributed by atoms with E-state index in [1.54, 1.807) is 26.2 Å². The standard InChI is InChI=1S/C15H19N3O3/c1-10-12(7-9-20-10)15(19)18-8-5-3-4-6-13(18)14-16-11(2)21-17-14/h7,9,13H,3-6,8H2,1-2H3/t13-/m0/s1. The molecule has 6 nitrogen and oxygen atoms in total. The minimum Gasteiger partial charge on any atom is -0.469 e. The summed E-state index contributed by atoms with van der Waals surface area (Å²) in [6, 6.07) is 1.60. The van der Waals surface area contributed by atoms with Crippen LogP contribution in [-0.2, 0) is 0 Å². The maximum Gasteiger partial charge on any atom is 0.258 e. The number of hydrogen-bond donors (Lipinski definition) is 0. The number of amides is 1. The highest BCUT2D eigenvalue weighted by Crippen LogP contribution is 2.30. The summed E-state index contributed by atoms with van der Waals surface area (Å²) in [6.07, 6.45) is 5.58. The van der Waals surface area contributed by atoms with Crippen molar-refractivity contribution >= 4 is 5.91 Å². The molecule has 1 aliphatic rings. The van der Waals surface area contributed by atoms with Crippen LogP contribution in [0, 0.1) is 13.8 Å². The number of likely N-dealkylation sites (tertiary alicyclic amines) is 1. The predicted octanol–water partition coefficient (Wildman–Crippen LogP) is 3.04. The summed E-state index contributed by atoms with van der Waals surface area (Å²) < 4.78 is 10.3. The Morgan fingerprint density at radius 1 is 1.33 bits per heavy atom. The second-order valence-corrected chi connectivity index (χ2v) is 5.43. The van der Waals surface area contributed by atoms with Crippen LogP contribution in [0.3, 0.4) is 0 Å². The molecule has 1 atom stereocenters. The average molecular weight is 289 g/mol. The Labute approximate surface area is 123 Å². The van der Waals surface area contributed by atoms with E-state index in [0.717, 1.165) is 25.7 Å². The van der Waals surface area contributed by atoms with Gasteiger partial charge in [0.25, 0.3) is 5.91 Å². The van der Waals surface area contributed by atoms with E-state index in [4.69, 9.17) is 8.94 Å². The molecule has 6 heteroatoms. The van der Waals surface area contributed by atoms with Gasteiger partial charge >= 0.3 is 0 Å². The lowest BCUT2D eigenvalue weighted by Gasteiger charge is -2.27. The summed E-state index contributed by atoms with van der Waals surface area (Å²) in [5.41, 5.74) is 0.613. The zero-order valence-corrected chi connectivity index (χ0v) is 12.3. The maximum atomic E-state index is 12.8. The van der Waals surface area contributed by atoms with E-state index in [2.05, 4.69) is 10.1 Å². The van der Waals surface area contributed by atoms with Crippen molar-refractivity contribution in [3.8, 4) is 0 Å². The zero-order valence-electron chi connectivity index (χ0n) is 12.3. The van der Waals surface area contributed by atoms with Gasteiger partial charge in [-0.25, -0.2) is 0 Å². The molecule has 0 spiro atoms. The lowest BCUT2D eigenvalue weighted by molar-refractivity contribution is 0.0668. The molecule has 21 heavy (non-hydrogen) atoms. The van der Waals surface area contributed by atoms with Crippen molar-refractivity contribution in [3.05, 3.63) is 35.4 Å². The molecule has 2 aromatic heterocycles. The van der Waals surface area contributed by atoms with Gasteiger partial charge in [-0.1, -0.05) is 18.0 Å². The first kappa shape index (κ1) is 13.9. The Balaban J connectivity index is 1.92. The predicted molar refractivity (Wildman–Crippen MR) is 74.7 cm³/mol. The first-order chi connectivity index (χ1) is 10.2. The lowest BCUT2D eigenvalue weighted by atomic mass is 10.1. The Hall–Kier alpha value is -2.11. The van der Waals surface area contributed by atoms with Crippen LogP contribution >= 0.6 is 0 Å². The third kappa shape index (κ3) is 2.70. The Morgan fingerprint density at radius 3 is 2.86 bits per heavy atom. The van der Waals surface area contributed by atoms with Crippen LogP contribution in [0.4, 0.5) is 0 Å². The molecule has 3 rings (SSSR count). The molecule has 0 N–H and O–H groups in total. The van der Waals surface area contributed by atoms with Crippen LogP contribution in [0.2, 0.25) is 0 Å². The molecular weight excluding hydrogens is 270 g/mol. The number of hydrogen-bond acceptors (Lipinski definition) is 5. The van der Waals surface area contributed by atoms with Crippen LogP contribution in [-0.4, -0.2) is 27.5 Å². The zero-order chi connectivity index (χ0) is 14.8. The summed E-state index contributed by atoms with van der Waals surface area (Å²) in [7, 11) is 0. The average Bonchev–Trinajstić information content (AvgIpc) is 3.00. The highest BCUT2D eigenvalue weighted by Gasteiger charge is 2.31. The van der Waals surface area contributed by atoms with Crippen molar-refractivity contribution in [2.45, 2.75) is 45.6 Å². The molecule has 1 aliphatic heterocycles. The smallest absolute Gasteiger partial charge is 0.258 e. The van der Waals surface area contributed by atoms with Crippen LogP contribution in [0.25, 0.3) is 0 Å². The highest BCUT2D eigenvalue weighted by molar-refractivity contribution is 5.95. The van der Waals surface area contributed by atoms with Gasteiger partial charge in [0.2, 0.25) is 5.89 Å². The van der Waals surface area contributed by atoms with Crippen molar-refractivity contribution < 1.29 is 13.7 Å². The molecule has 3 heterocycles. The van der Waals surface area contributed by atoms with E-state index in [9.17, 15) is 4.79 Å².